The number of hydrogen-bond donors (Lipinski definition) is 9. The number of carbonyl (C=O) groups is 3. The molecule has 48 heavy (non-hydrogen) atoms. The number of aliphatic carboxylic acids is 1. The van der Waals surface area contributed by atoms with Crippen LogP contribution in [-0.4, -0.2) is 95.8 Å². The predicted molar refractivity (Wildman–Crippen MR) is 169 cm³/mol. The largest absolute Gasteiger partial charge is 0.504 e. The van der Waals surface area contributed by atoms with Crippen molar-refractivity contribution in [1.82, 2.24) is 5.32 Å². The molecule has 1 aliphatic carbocycles. The lowest BCUT2D eigenvalue weighted by atomic mass is 9.71. The second-order valence-electron chi connectivity index (χ2n) is 11.3. The number of aliphatic hydroxyl groups excluding tert-OH is 2. The molecule has 0 radical (unpaired) electrons. The van der Waals surface area contributed by atoms with Crippen molar-refractivity contribution in [2.24, 2.45) is 0 Å². The summed E-state index contributed by atoms with van der Waals surface area (Å²) in [6.45, 7) is -0.749. The minimum absolute atomic E-state index is 0.175. The number of phenolic OH excluding ortho intramolecular Hbond substituents is 4. The van der Waals surface area contributed by atoms with E-state index in [4.69, 9.17) is 9.47 Å². The van der Waals surface area contributed by atoms with Gasteiger partial charge in [0.1, 0.15) is 12.2 Å². The number of rotatable bonds is 11. The summed E-state index contributed by atoms with van der Waals surface area (Å²) < 4.78 is 11.5. The van der Waals surface area contributed by atoms with Crippen LogP contribution >= 0.6 is 0 Å². The van der Waals surface area contributed by atoms with E-state index in [1.54, 1.807) is 12.1 Å². The molecule has 4 atom stereocenters. The molecule has 0 amide bonds. The van der Waals surface area contributed by atoms with Gasteiger partial charge in [0.05, 0.1) is 12.2 Å². The first kappa shape index (κ1) is 35.4. The average molecular weight is 666 g/mol. The standard InChI is InChI=1S/C34H35NO13/c1-35-18-34(48-30(42)10-7-19-5-8-24(37)26(39)13-19)28(41)15-33(46,32(44)45)16-29(34)47-31(43)23(22-4-2-3-21(11-22)17-36)12-20-6-9-25(38)27(40)14-20/h2-14,28-29,35-41,46H,15-18H2,1H3,(H,44,45)/b10-7+,23-12+/t28-,29-,33-,34+/m1/s1. The molecule has 9 N–H and O–H groups in total. The number of likely N-dealkylation sites (N-methyl/N-ethyl adjacent to an activating group) is 1. The van der Waals surface area contributed by atoms with Crippen LogP contribution < -0.4 is 5.32 Å². The van der Waals surface area contributed by atoms with Gasteiger partial charge in [0.25, 0.3) is 0 Å². The number of nitrogens with one attached hydrogen (secondary N) is 1. The van der Waals surface area contributed by atoms with E-state index in [9.17, 15) is 55.2 Å². The summed E-state index contributed by atoms with van der Waals surface area (Å²) in [5.41, 5.74) is -3.75. The van der Waals surface area contributed by atoms with Crippen molar-refractivity contribution in [1.29, 1.82) is 0 Å². The number of aliphatic hydroxyl groups is 3. The van der Waals surface area contributed by atoms with E-state index in [0.717, 1.165) is 6.08 Å². The molecule has 0 aromatic heterocycles. The summed E-state index contributed by atoms with van der Waals surface area (Å²) in [6, 6.07) is 13.6. The van der Waals surface area contributed by atoms with Gasteiger partial charge in [0.2, 0.25) is 0 Å². The van der Waals surface area contributed by atoms with Crippen molar-refractivity contribution in [3.8, 4) is 23.0 Å². The Hall–Kier alpha value is -5.41. The van der Waals surface area contributed by atoms with Gasteiger partial charge in [0, 0.05) is 25.5 Å². The number of phenols is 4. The van der Waals surface area contributed by atoms with Crippen LogP contribution in [0.15, 0.2) is 66.7 Å². The van der Waals surface area contributed by atoms with Gasteiger partial charge >= 0.3 is 17.9 Å². The fourth-order valence-electron chi connectivity index (χ4n) is 5.38. The lowest BCUT2D eigenvalue weighted by Gasteiger charge is -2.49. The first-order valence-electron chi connectivity index (χ1n) is 14.6. The zero-order valence-corrected chi connectivity index (χ0v) is 25.6. The Morgan fingerprint density at radius 3 is 2.17 bits per heavy atom. The number of carbonyl (C=O) groups excluding carboxylic acids is 2. The molecule has 3 aromatic rings. The molecule has 14 heteroatoms. The second-order valence-corrected chi connectivity index (χ2v) is 11.3. The Labute approximate surface area is 274 Å². The van der Waals surface area contributed by atoms with Gasteiger partial charge in [-0.15, -0.1) is 0 Å². The van der Waals surface area contributed by atoms with Crippen molar-refractivity contribution in [2.45, 2.75) is 42.9 Å². The molecule has 3 aromatic carbocycles. The summed E-state index contributed by atoms with van der Waals surface area (Å²) in [7, 11) is 1.44. The number of carboxylic acids is 1. The molecule has 0 heterocycles. The molecule has 0 aliphatic heterocycles. The third-order valence-electron chi connectivity index (χ3n) is 7.92. The normalized spacial score (nSPS) is 22.7. The van der Waals surface area contributed by atoms with Crippen LogP contribution in [0.4, 0.5) is 0 Å². The highest BCUT2D eigenvalue weighted by Crippen LogP contribution is 2.41. The van der Waals surface area contributed by atoms with E-state index < -0.39 is 71.4 Å². The molecule has 0 unspecified atom stereocenters. The van der Waals surface area contributed by atoms with Crippen molar-refractivity contribution >= 4 is 35.6 Å². The van der Waals surface area contributed by atoms with Crippen molar-refractivity contribution in [2.75, 3.05) is 13.6 Å². The Balaban J connectivity index is 1.77. The maximum Gasteiger partial charge on any atom is 0.339 e. The topological polar surface area (TPSA) is 244 Å². The van der Waals surface area contributed by atoms with Crippen molar-refractivity contribution < 1.29 is 64.7 Å². The molecule has 1 fully saturated rings. The molecule has 1 aliphatic rings. The average Bonchev–Trinajstić information content (AvgIpc) is 3.04. The number of aromatic hydroxyl groups is 4. The summed E-state index contributed by atoms with van der Waals surface area (Å²) in [6.07, 6.45) is -1.78. The van der Waals surface area contributed by atoms with Crippen LogP contribution in [0.2, 0.25) is 0 Å². The second kappa shape index (κ2) is 14.6. The van der Waals surface area contributed by atoms with E-state index in [2.05, 4.69) is 5.32 Å². The molecular weight excluding hydrogens is 630 g/mol. The number of ether oxygens (including phenoxy) is 2. The minimum Gasteiger partial charge on any atom is -0.504 e. The summed E-state index contributed by atoms with van der Waals surface area (Å²) >= 11 is 0. The molecule has 254 valence electrons. The predicted octanol–water partition coefficient (Wildman–Crippen LogP) is 1.64. The maximum atomic E-state index is 14.0. The Bertz CT molecular complexity index is 1750. The molecule has 4 rings (SSSR count). The van der Waals surface area contributed by atoms with E-state index >= 15 is 0 Å². The van der Waals surface area contributed by atoms with Gasteiger partial charge in [-0.05, 0) is 71.8 Å². The Kier molecular flexibility index (Phi) is 10.8. The van der Waals surface area contributed by atoms with Crippen LogP contribution in [0.25, 0.3) is 17.7 Å². The third kappa shape index (κ3) is 7.75. The van der Waals surface area contributed by atoms with E-state index in [0.29, 0.717) is 5.56 Å². The number of carboxylic acid groups (broad SMARTS) is 1. The molecule has 0 bridgehead atoms. The van der Waals surface area contributed by atoms with Crippen LogP contribution in [0.3, 0.4) is 0 Å². The van der Waals surface area contributed by atoms with Crippen molar-refractivity contribution in [3.05, 3.63) is 89.0 Å². The fraction of sp³-hybridized carbons (Fsp3) is 0.265. The molecule has 0 saturated heterocycles. The monoisotopic (exact) mass is 665 g/mol. The minimum atomic E-state index is -2.60. The van der Waals surface area contributed by atoms with Gasteiger partial charge in [-0.3, -0.25) is 0 Å². The Morgan fingerprint density at radius 2 is 1.56 bits per heavy atom. The lowest BCUT2D eigenvalue weighted by molar-refractivity contribution is -0.236. The number of esters is 2. The Morgan fingerprint density at radius 1 is 0.917 bits per heavy atom. The highest BCUT2D eigenvalue weighted by atomic mass is 16.6. The first-order valence-corrected chi connectivity index (χ1v) is 14.6. The summed E-state index contributed by atoms with van der Waals surface area (Å²) in [5.74, 6) is -5.64. The van der Waals surface area contributed by atoms with Gasteiger partial charge < -0.3 is 55.6 Å². The first-order chi connectivity index (χ1) is 22.7. The van der Waals surface area contributed by atoms with E-state index in [1.807, 2.05) is 0 Å². The van der Waals surface area contributed by atoms with Crippen LogP contribution in [0, 0.1) is 0 Å². The number of hydrogen-bond acceptors (Lipinski definition) is 13. The van der Waals surface area contributed by atoms with E-state index in [1.165, 1.54) is 67.7 Å². The molecule has 1 saturated carbocycles. The third-order valence-corrected chi connectivity index (χ3v) is 7.92. The summed E-state index contributed by atoms with van der Waals surface area (Å²) in [4.78, 5) is 39.3. The van der Waals surface area contributed by atoms with E-state index in [-0.39, 0.29) is 41.2 Å². The fourth-order valence-corrected chi connectivity index (χ4v) is 5.38. The van der Waals surface area contributed by atoms with Gasteiger partial charge in [0.15, 0.2) is 34.2 Å². The molecular formula is C34H35NO13. The summed E-state index contributed by atoms with van der Waals surface area (Å²) in [5, 5.41) is 83.7. The van der Waals surface area contributed by atoms with Crippen LogP contribution in [-0.2, 0) is 30.5 Å². The van der Waals surface area contributed by atoms with Gasteiger partial charge in [-0.1, -0.05) is 30.3 Å². The maximum absolute atomic E-state index is 14.0. The number of benzene rings is 3. The van der Waals surface area contributed by atoms with Crippen LogP contribution in [0.5, 0.6) is 23.0 Å². The van der Waals surface area contributed by atoms with Gasteiger partial charge in [-0.2, -0.15) is 0 Å². The highest BCUT2D eigenvalue weighted by Gasteiger charge is 2.61. The van der Waals surface area contributed by atoms with Gasteiger partial charge in [-0.25, -0.2) is 14.4 Å². The quantitative estimate of drug-likeness (QED) is 0.0612. The SMILES string of the molecule is CNC[C@]1(OC(=O)/C=C/c2ccc(O)c(O)c2)[C@H](O)C[C@](O)(C(=O)O)C[C@H]1OC(=O)/C(=C/c1ccc(O)c(O)c1)c1cccc(CO)c1. The van der Waals surface area contributed by atoms with Crippen LogP contribution in [0.1, 0.15) is 35.1 Å². The highest BCUT2D eigenvalue weighted by molar-refractivity contribution is 6.21. The molecule has 14 nitrogen and oxygen atoms in total. The lowest BCUT2D eigenvalue weighted by Crippen LogP contribution is -2.69. The molecule has 0 spiro atoms. The zero-order valence-electron chi connectivity index (χ0n) is 25.6. The van der Waals surface area contributed by atoms with Crippen molar-refractivity contribution in [3.63, 3.8) is 0 Å². The smallest absolute Gasteiger partial charge is 0.339 e. The zero-order chi connectivity index (χ0) is 35.2.